The summed E-state index contributed by atoms with van der Waals surface area (Å²) in [6.45, 7) is 2.32. The van der Waals surface area contributed by atoms with Gasteiger partial charge in [0, 0.05) is 19.6 Å². The van der Waals surface area contributed by atoms with Crippen LogP contribution in [-0.4, -0.2) is 49.7 Å². The molecule has 1 saturated carbocycles. The Labute approximate surface area is 126 Å². The predicted molar refractivity (Wildman–Crippen MR) is 79.6 cm³/mol. The molecule has 2 amide bonds. The molecule has 21 heavy (non-hydrogen) atoms. The smallest absolute Gasteiger partial charge is 0.406 e. The number of carbonyl (C=O) groups is 2. The zero-order valence-corrected chi connectivity index (χ0v) is 12.8. The third-order valence-corrected chi connectivity index (χ3v) is 4.91. The summed E-state index contributed by atoms with van der Waals surface area (Å²) in [6, 6.07) is -0.137. The van der Waals surface area contributed by atoms with Gasteiger partial charge in [0.15, 0.2) is 0 Å². The van der Waals surface area contributed by atoms with Gasteiger partial charge in [-0.15, -0.1) is 0 Å². The van der Waals surface area contributed by atoms with Crippen LogP contribution in [0.25, 0.3) is 0 Å². The summed E-state index contributed by atoms with van der Waals surface area (Å²) in [7, 11) is 1.35. The van der Waals surface area contributed by atoms with Crippen LogP contribution in [0.4, 0.5) is 4.79 Å². The van der Waals surface area contributed by atoms with Crippen LogP contribution >= 0.6 is 0 Å². The quantitative estimate of drug-likeness (QED) is 0.744. The van der Waals surface area contributed by atoms with Gasteiger partial charge in [-0.3, -0.25) is 9.69 Å². The lowest BCUT2D eigenvalue weighted by Gasteiger charge is -2.45. The number of primary amides is 1. The van der Waals surface area contributed by atoms with Gasteiger partial charge in [0.2, 0.25) is 5.91 Å². The molecule has 1 heterocycles. The number of piperidine rings is 1. The van der Waals surface area contributed by atoms with Crippen LogP contribution in [0.3, 0.4) is 0 Å². The van der Waals surface area contributed by atoms with Crippen LogP contribution in [0.2, 0.25) is 0 Å². The van der Waals surface area contributed by atoms with Gasteiger partial charge in [0.25, 0.3) is 0 Å². The summed E-state index contributed by atoms with van der Waals surface area (Å²) in [4.78, 5) is 24.9. The van der Waals surface area contributed by atoms with E-state index in [0.717, 1.165) is 25.9 Å². The number of hydrogen-bond donors (Lipinski definition) is 2. The number of nitrogens with one attached hydrogen (secondary N) is 1. The number of methoxy groups -OCH3 is 1. The first-order chi connectivity index (χ1) is 10.1. The topological polar surface area (TPSA) is 84.7 Å². The number of carbonyl (C=O) groups excluding carboxylic acids is 2. The van der Waals surface area contributed by atoms with E-state index in [9.17, 15) is 9.59 Å². The van der Waals surface area contributed by atoms with Crippen molar-refractivity contribution in [1.29, 1.82) is 0 Å². The van der Waals surface area contributed by atoms with E-state index in [1.54, 1.807) is 0 Å². The first-order valence-corrected chi connectivity index (χ1v) is 7.97. The average Bonchev–Trinajstić information content (AvgIpc) is 2.50. The van der Waals surface area contributed by atoms with Crippen molar-refractivity contribution in [3.8, 4) is 0 Å². The Kier molecular flexibility index (Phi) is 5.85. The molecule has 0 aromatic carbocycles. The molecule has 2 aliphatic rings. The fourth-order valence-corrected chi connectivity index (χ4v) is 3.79. The summed E-state index contributed by atoms with van der Waals surface area (Å²) >= 11 is 0. The van der Waals surface area contributed by atoms with Crippen molar-refractivity contribution >= 4 is 12.0 Å². The Morgan fingerprint density at radius 1 is 1.29 bits per heavy atom. The number of likely N-dealkylation sites (tertiary alicyclic amines) is 1. The van der Waals surface area contributed by atoms with E-state index >= 15 is 0 Å². The van der Waals surface area contributed by atoms with Gasteiger partial charge in [0.1, 0.15) is 0 Å². The van der Waals surface area contributed by atoms with E-state index in [2.05, 4.69) is 15.0 Å². The van der Waals surface area contributed by atoms with E-state index in [4.69, 9.17) is 5.73 Å². The molecule has 6 heteroatoms. The van der Waals surface area contributed by atoms with E-state index in [-0.39, 0.29) is 11.9 Å². The summed E-state index contributed by atoms with van der Waals surface area (Å²) in [5.41, 5.74) is 5.58. The molecule has 1 saturated heterocycles. The number of amides is 2. The summed E-state index contributed by atoms with van der Waals surface area (Å²) in [5, 5.41) is 2.67. The first kappa shape index (κ1) is 16.1. The van der Waals surface area contributed by atoms with Crippen LogP contribution in [0.5, 0.6) is 0 Å². The van der Waals surface area contributed by atoms with Crippen LogP contribution in [-0.2, 0) is 9.53 Å². The SMILES string of the molecule is COC(=O)NCCCN1CC2CCCCC2C[C@H]1C(N)=O. The minimum atomic E-state index is -0.410. The second-order valence-corrected chi connectivity index (χ2v) is 6.23. The fraction of sp³-hybridized carbons (Fsp3) is 0.867. The fourth-order valence-electron chi connectivity index (χ4n) is 3.79. The number of nitrogens with two attached hydrogens (primary N) is 1. The molecule has 3 N–H and O–H groups in total. The maximum Gasteiger partial charge on any atom is 0.406 e. The Morgan fingerprint density at radius 3 is 2.67 bits per heavy atom. The molecular weight excluding hydrogens is 270 g/mol. The Balaban J connectivity index is 1.83. The predicted octanol–water partition coefficient (Wildman–Crippen LogP) is 1.10. The molecule has 6 nitrogen and oxygen atoms in total. The van der Waals surface area contributed by atoms with Gasteiger partial charge in [-0.25, -0.2) is 4.79 Å². The molecular formula is C15H27N3O3. The second kappa shape index (κ2) is 7.64. The van der Waals surface area contributed by atoms with Crippen molar-refractivity contribution in [2.45, 2.75) is 44.6 Å². The Bertz CT molecular complexity index is 375. The van der Waals surface area contributed by atoms with Crippen molar-refractivity contribution < 1.29 is 14.3 Å². The molecule has 120 valence electrons. The summed E-state index contributed by atoms with van der Waals surface area (Å²) in [6.07, 6.45) is 6.41. The van der Waals surface area contributed by atoms with Crippen molar-refractivity contribution in [3.05, 3.63) is 0 Å². The zero-order valence-electron chi connectivity index (χ0n) is 12.8. The molecule has 0 spiro atoms. The Morgan fingerprint density at radius 2 is 2.00 bits per heavy atom. The van der Waals surface area contributed by atoms with E-state index in [1.165, 1.54) is 32.8 Å². The Hall–Kier alpha value is -1.30. The van der Waals surface area contributed by atoms with Gasteiger partial charge in [-0.1, -0.05) is 19.3 Å². The number of fused-ring (bicyclic) bond motifs is 1. The standard InChI is InChI=1S/C15H27N3O3/c1-21-15(20)17-7-4-8-18-10-12-6-3-2-5-11(12)9-13(18)14(16)19/h11-13H,2-10H2,1H3,(H2,16,19)(H,17,20)/t11?,12?,13-/m0/s1. The maximum absolute atomic E-state index is 11.7. The molecule has 2 rings (SSSR count). The highest BCUT2D eigenvalue weighted by Gasteiger charge is 2.38. The van der Waals surface area contributed by atoms with Crippen molar-refractivity contribution in [2.24, 2.45) is 17.6 Å². The molecule has 1 aliphatic carbocycles. The second-order valence-electron chi connectivity index (χ2n) is 6.23. The molecule has 0 aromatic heterocycles. The van der Waals surface area contributed by atoms with Crippen LogP contribution in [0.1, 0.15) is 38.5 Å². The van der Waals surface area contributed by atoms with E-state index in [1.807, 2.05) is 0 Å². The molecule has 2 unspecified atom stereocenters. The van der Waals surface area contributed by atoms with Crippen LogP contribution in [0.15, 0.2) is 0 Å². The van der Waals surface area contributed by atoms with Crippen molar-refractivity contribution in [1.82, 2.24) is 10.2 Å². The third kappa shape index (κ3) is 4.33. The lowest BCUT2D eigenvalue weighted by molar-refractivity contribution is -0.126. The van der Waals surface area contributed by atoms with Gasteiger partial charge >= 0.3 is 6.09 Å². The van der Waals surface area contributed by atoms with Gasteiger partial charge in [-0.05, 0) is 31.1 Å². The maximum atomic E-state index is 11.7. The largest absolute Gasteiger partial charge is 0.453 e. The number of ether oxygens (including phenoxy) is 1. The summed E-state index contributed by atoms with van der Waals surface area (Å²) < 4.78 is 4.53. The number of nitrogens with zero attached hydrogens (tertiary/aromatic N) is 1. The highest BCUT2D eigenvalue weighted by atomic mass is 16.5. The number of alkyl carbamates (subject to hydrolysis) is 1. The van der Waals surface area contributed by atoms with Crippen LogP contribution in [0, 0.1) is 11.8 Å². The summed E-state index contributed by atoms with van der Waals surface area (Å²) in [5.74, 6) is 1.17. The number of rotatable bonds is 5. The van der Waals surface area contributed by atoms with Crippen LogP contribution < -0.4 is 11.1 Å². The zero-order chi connectivity index (χ0) is 15.2. The third-order valence-electron chi connectivity index (χ3n) is 4.91. The molecule has 1 aliphatic heterocycles. The minimum Gasteiger partial charge on any atom is -0.453 e. The first-order valence-electron chi connectivity index (χ1n) is 7.97. The monoisotopic (exact) mass is 297 g/mol. The van der Waals surface area contributed by atoms with E-state index in [0.29, 0.717) is 18.4 Å². The highest BCUT2D eigenvalue weighted by molar-refractivity contribution is 5.80. The van der Waals surface area contributed by atoms with Gasteiger partial charge in [0.05, 0.1) is 13.2 Å². The lowest BCUT2D eigenvalue weighted by Crippen LogP contribution is -2.54. The van der Waals surface area contributed by atoms with Gasteiger partial charge in [-0.2, -0.15) is 0 Å². The van der Waals surface area contributed by atoms with Crippen molar-refractivity contribution in [2.75, 3.05) is 26.7 Å². The minimum absolute atomic E-state index is 0.137. The molecule has 0 bridgehead atoms. The van der Waals surface area contributed by atoms with Crippen molar-refractivity contribution in [3.63, 3.8) is 0 Å². The van der Waals surface area contributed by atoms with Gasteiger partial charge < -0.3 is 15.8 Å². The average molecular weight is 297 g/mol. The molecule has 0 radical (unpaired) electrons. The van der Waals surface area contributed by atoms with E-state index < -0.39 is 6.09 Å². The molecule has 3 atom stereocenters. The number of hydrogen-bond acceptors (Lipinski definition) is 4. The lowest BCUT2D eigenvalue weighted by atomic mass is 9.73. The molecule has 0 aromatic rings. The normalized spacial score (nSPS) is 29.5. The highest BCUT2D eigenvalue weighted by Crippen LogP contribution is 2.38. The molecule has 2 fully saturated rings.